The van der Waals surface area contributed by atoms with Crippen LogP contribution in [0.4, 0.5) is 0 Å². The summed E-state index contributed by atoms with van der Waals surface area (Å²) in [6.45, 7) is 8.38. The summed E-state index contributed by atoms with van der Waals surface area (Å²) < 4.78 is 0. The van der Waals surface area contributed by atoms with Crippen LogP contribution in [0.15, 0.2) is 54.9 Å². The van der Waals surface area contributed by atoms with Crippen molar-refractivity contribution in [1.82, 2.24) is 31.2 Å². The molecule has 0 radical (unpaired) electrons. The van der Waals surface area contributed by atoms with Crippen LogP contribution in [0, 0.1) is 5.92 Å². The van der Waals surface area contributed by atoms with E-state index in [9.17, 15) is 19.2 Å². The number of benzene rings is 1. The number of hydrogen-bond acceptors (Lipinski definition) is 6. The second-order valence-electron chi connectivity index (χ2n) is 10.9. The lowest BCUT2D eigenvalue weighted by Crippen LogP contribution is -2.57. The molecule has 2 aromatic rings. The summed E-state index contributed by atoms with van der Waals surface area (Å²) in [7, 11) is 0. The van der Waals surface area contributed by atoms with E-state index in [2.05, 4.69) is 26.3 Å². The molecule has 216 valence electrons. The standard InChI is InChI=1S/C30H42N6O4/c1-5-24-18-36(17-23-11-13-31-14-12-23)19-27(37)32-21(4)28(38)34-25(15-20(2)3)30(40)35-26(29(39)33-24)16-22-9-7-6-8-10-22/h6-14,20-21,24-26H,5,15-19H2,1-4H3,(H,32,37)(H,33,39)(H,34,38)(H,35,40)/t21-,24+,25+,26+/m1/s1. The molecule has 4 amide bonds. The Balaban J connectivity index is 1.93. The first-order valence-corrected chi connectivity index (χ1v) is 14.0. The van der Waals surface area contributed by atoms with Crippen molar-refractivity contribution < 1.29 is 19.2 Å². The molecule has 4 atom stereocenters. The van der Waals surface area contributed by atoms with Crippen LogP contribution in [0.25, 0.3) is 0 Å². The quantitative estimate of drug-likeness (QED) is 0.414. The third-order valence-corrected chi connectivity index (χ3v) is 6.87. The molecule has 2 heterocycles. The number of amides is 4. The summed E-state index contributed by atoms with van der Waals surface area (Å²) in [5.41, 5.74) is 1.87. The number of nitrogens with one attached hydrogen (secondary N) is 4. The van der Waals surface area contributed by atoms with Crippen molar-refractivity contribution in [2.75, 3.05) is 13.1 Å². The van der Waals surface area contributed by atoms with E-state index in [1.54, 1.807) is 19.3 Å². The molecule has 1 aliphatic heterocycles. The van der Waals surface area contributed by atoms with E-state index in [0.29, 0.717) is 32.4 Å². The maximum Gasteiger partial charge on any atom is 0.243 e. The number of rotatable bonds is 7. The van der Waals surface area contributed by atoms with Crippen molar-refractivity contribution in [3.05, 3.63) is 66.0 Å². The molecule has 1 aromatic heterocycles. The second-order valence-corrected chi connectivity index (χ2v) is 10.9. The summed E-state index contributed by atoms with van der Waals surface area (Å²) in [6.07, 6.45) is 4.69. The Kier molecular flexibility index (Phi) is 11.6. The van der Waals surface area contributed by atoms with Gasteiger partial charge in [0.15, 0.2) is 0 Å². The number of hydrogen-bond donors (Lipinski definition) is 4. The Labute approximate surface area is 236 Å². The molecule has 4 N–H and O–H groups in total. The van der Waals surface area contributed by atoms with E-state index >= 15 is 0 Å². The monoisotopic (exact) mass is 550 g/mol. The van der Waals surface area contributed by atoms with Crippen molar-refractivity contribution in [2.45, 2.75) is 77.7 Å². The number of pyridine rings is 1. The summed E-state index contributed by atoms with van der Waals surface area (Å²) >= 11 is 0. The van der Waals surface area contributed by atoms with Gasteiger partial charge in [0.2, 0.25) is 23.6 Å². The Morgan fingerprint density at radius 1 is 0.850 bits per heavy atom. The SMILES string of the molecule is CC[C@H]1CN(Cc2ccncc2)CC(=O)N[C@H](C)C(=O)N[C@@H](CC(C)C)C(=O)N[C@@H](Cc2ccccc2)C(=O)N1. The van der Waals surface area contributed by atoms with Gasteiger partial charge >= 0.3 is 0 Å². The van der Waals surface area contributed by atoms with E-state index in [1.165, 1.54) is 0 Å². The minimum absolute atomic E-state index is 0.0341. The Morgan fingerprint density at radius 3 is 2.15 bits per heavy atom. The molecule has 10 nitrogen and oxygen atoms in total. The highest BCUT2D eigenvalue weighted by molar-refractivity contribution is 5.94. The molecule has 1 fully saturated rings. The molecule has 3 rings (SSSR count). The average Bonchev–Trinajstić information content (AvgIpc) is 2.92. The second kappa shape index (κ2) is 15.1. The topological polar surface area (TPSA) is 133 Å². The minimum Gasteiger partial charge on any atom is -0.350 e. The van der Waals surface area contributed by atoms with Gasteiger partial charge in [-0.05, 0) is 48.9 Å². The van der Waals surface area contributed by atoms with Crippen molar-refractivity contribution in [2.24, 2.45) is 5.92 Å². The van der Waals surface area contributed by atoms with Crippen LogP contribution in [0.2, 0.25) is 0 Å². The van der Waals surface area contributed by atoms with E-state index in [-0.39, 0.29) is 30.3 Å². The van der Waals surface area contributed by atoms with Gasteiger partial charge in [0.1, 0.15) is 18.1 Å². The maximum absolute atomic E-state index is 13.6. The zero-order valence-corrected chi connectivity index (χ0v) is 23.9. The van der Waals surface area contributed by atoms with Crippen LogP contribution >= 0.6 is 0 Å². The van der Waals surface area contributed by atoms with E-state index in [0.717, 1.165) is 11.1 Å². The van der Waals surface area contributed by atoms with Gasteiger partial charge in [-0.15, -0.1) is 0 Å². The van der Waals surface area contributed by atoms with Gasteiger partial charge in [-0.1, -0.05) is 51.1 Å². The van der Waals surface area contributed by atoms with Gasteiger partial charge in [0, 0.05) is 37.9 Å². The van der Waals surface area contributed by atoms with Gasteiger partial charge < -0.3 is 21.3 Å². The van der Waals surface area contributed by atoms with Crippen molar-refractivity contribution in [3.8, 4) is 0 Å². The predicted molar refractivity (Wildman–Crippen MR) is 153 cm³/mol. The number of carbonyl (C=O) groups excluding carboxylic acids is 4. The first kappa shape index (κ1) is 30.7. The van der Waals surface area contributed by atoms with Gasteiger partial charge in [0.25, 0.3) is 0 Å². The molecule has 0 aliphatic carbocycles. The number of aromatic nitrogens is 1. The van der Waals surface area contributed by atoms with Crippen molar-refractivity contribution >= 4 is 23.6 Å². The van der Waals surface area contributed by atoms with Crippen LogP contribution in [0.3, 0.4) is 0 Å². The van der Waals surface area contributed by atoms with Gasteiger partial charge in [-0.3, -0.25) is 29.1 Å². The minimum atomic E-state index is -0.854. The molecule has 1 saturated heterocycles. The van der Waals surface area contributed by atoms with Gasteiger partial charge in [-0.2, -0.15) is 0 Å². The lowest BCUT2D eigenvalue weighted by Gasteiger charge is -2.29. The highest BCUT2D eigenvalue weighted by atomic mass is 16.2. The Morgan fingerprint density at radius 2 is 1.50 bits per heavy atom. The largest absolute Gasteiger partial charge is 0.350 e. The maximum atomic E-state index is 13.6. The van der Waals surface area contributed by atoms with Crippen molar-refractivity contribution in [3.63, 3.8) is 0 Å². The summed E-state index contributed by atoms with van der Waals surface area (Å²) in [6, 6.07) is 10.4. The third kappa shape index (κ3) is 9.75. The molecule has 0 saturated carbocycles. The average molecular weight is 551 g/mol. The summed E-state index contributed by atoms with van der Waals surface area (Å²) in [5, 5.41) is 11.6. The fourth-order valence-electron chi connectivity index (χ4n) is 4.71. The molecule has 1 aromatic carbocycles. The normalized spacial score (nSPS) is 23.8. The summed E-state index contributed by atoms with van der Waals surface area (Å²) in [4.78, 5) is 59.1. The Hall–Kier alpha value is -3.79. The van der Waals surface area contributed by atoms with Crippen molar-refractivity contribution in [1.29, 1.82) is 0 Å². The number of carbonyl (C=O) groups is 4. The highest BCUT2D eigenvalue weighted by Crippen LogP contribution is 2.11. The molecule has 10 heteroatoms. The summed E-state index contributed by atoms with van der Waals surface area (Å²) in [5.74, 6) is -1.41. The predicted octanol–water partition coefficient (Wildman–Crippen LogP) is 1.56. The Bertz CT molecular complexity index is 1130. The van der Waals surface area contributed by atoms with E-state index < -0.39 is 29.9 Å². The van der Waals surface area contributed by atoms with Gasteiger partial charge in [-0.25, -0.2) is 0 Å². The lowest BCUT2D eigenvalue weighted by molar-refractivity contribution is -0.133. The zero-order valence-electron chi connectivity index (χ0n) is 23.9. The fourth-order valence-corrected chi connectivity index (χ4v) is 4.71. The number of nitrogens with zero attached hydrogens (tertiary/aromatic N) is 2. The van der Waals surface area contributed by atoms with Crippen LogP contribution in [-0.2, 0) is 32.1 Å². The molecule has 0 bridgehead atoms. The van der Waals surface area contributed by atoms with Crippen LogP contribution < -0.4 is 21.3 Å². The lowest BCUT2D eigenvalue weighted by atomic mass is 10.0. The fraction of sp³-hybridized carbons (Fsp3) is 0.500. The third-order valence-electron chi connectivity index (χ3n) is 6.87. The molecular formula is C30H42N6O4. The van der Waals surface area contributed by atoms with Crippen LogP contribution in [0.1, 0.15) is 51.7 Å². The highest BCUT2D eigenvalue weighted by Gasteiger charge is 2.31. The molecular weight excluding hydrogens is 508 g/mol. The molecule has 1 aliphatic rings. The smallest absolute Gasteiger partial charge is 0.243 e. The molecule has 0 spiro atoms. The first-order valence-electron chi connectivity index (χ1n) is 14.0. The molecule has 0 unspecified atom stereocenters. The van der Waals surface area contributed by atoms with Crippen LogP contribution in [-0.4, -0.2) is 70.8 Å². The van der Waals surface area contributed by atoms with E-state index in [4.69, 9.17) is 0 Å². The molecule has 40 heavy (non-hydrogen) atoms. The first-order chi connectivity index (χ1) is 19.1. The van der Waals surface area contributed by atoms with Gasteiger partial charge in [0.05, 0.1) is 6.54 Å². The van der Waals surface area contributed by atoms with E-state index in [1.807, 2.05) is 68.1 Å². The zero-order chi connectivity index (χ0) is 29.1. The van der Waals surface area contributed by atoms with Crippen LogP contribution in [0.5, 0.6) is 0 Å².